The van der Waals surface area contributed by atoms with Crippen LogP contribution in [0.5, 0.6) is 0 Å². The van der Waals surface area contributed by atoms with Gasteiger partial charge in [0.05, 0.1) is 5.75 Å². The smallest absolute Gasteiger partial charge is 0.242 e. The Morgan fingerprint density at radius 3 is 2.39 bits per heavy atom. The zero-order valence-corrected chi connectivity index (χ0v) is 21.6. The summed E-state index contributed by atoms with van der Waals surface area (Å²) in [6, 6.07) is 13.0. The lowest BCUT2D eigenvalue weighted by Crippen LogP contribution is -2.50. The highest BCUT2D eigenvalue weighted by atomic mass is 35.5. The van der Waals surface area contributed by atoms with Crippen LogP contribution in [0.2, 0.25) is 10.0 Å². The maximum atomic E-state index is 13.3. The van der Waals surface area contributed by atoms with Crippen molar-refractivity contribution in [2.24, 2.45) is 0 Å². The van der Waals surface area contributed by atoms with E-state index in [-0.39, 0.29) is 30.2 Å². The number of rotatable bonds is 9. The van der Waals surface area contributed by atoms with E-state index >= 15 is 0 Å². The molecule has 1 N–H and O–H groups in total. The maximum Gasteiger partial charge on any atom is 0.242 e. The SMILES string of the molecule is Cc1ccccc1CSCC(=O)N(Cc1c(Cl)cccc1Cl)C(C)C(=O)NC1CCCCC1. The Morgan fingerprint density at radius 1 is 1.06 bits per heavy atom. The Hall–Kier alpha value is -1.69. The van der Waals surface area contributed by atoms with Gasteiger partial charge in [0.15, 0.2) is 0 Å². The lowest BCUT2D eigenvalue weighted by molar-refractivity contribution is -0.139. The van der Waals surface area contributed by atoms with Gasteiger partial charge in [0.1, 0.15) is 6.04 Å². The van der Waals surface area contributed by atoms with E-state index in [2.05, 4.69) is 24.4 Å². The number of carbonyl (C=O) groups excluding carboxylic acids is 2. The Kier molecular flexibility index (Phi) is 9.96. The third kappa shape index (κ3) is 7.40. The predicted molar refractivity (Wildman–Crippen MR) is 139 cm³/mol. The van der Waals surface area contributed by atoms with E-state index in [1.165, 1.54) is 17.5 Å². The third-order valence-electron chi connectivity index (χ3n) is 6.25. The molecule has 0 bridgehead atoms. The van der Waals surface area contributed by atoms with Crippen molar-refractivity contribution in [3.8, 4) is 0 Å². The second-order valence-electron chi connectivity index (χ2n) is 8.66. The fourth-order valence-corrected chi connectivity index (χ4v) is 5.61. The molecule has 0 saturated heterocycles. The van der Waals surface area contributed by atoms with E-state index in [4.69, 9.17) is 23.2 Å². The normalized spacial score (nSPS) is 15.2. The summed E-state index contributed by atoms with van der Waals surface area (Å²) in [6.45, 7) is 4.05. The zero-order valence-electron chi connectivity index (χ0n) is 19.3. The quantitative estimate of drug-likeness (QED) is 0.427. The van der Waals surface area contributed by atoms with Crippen molar-refractivity contribution in [1.82, 2.24) is 10.2 Å². The Balaban J connectivity index is 1.71. The van der Waals surface area contributed by atoms with Crippen LogP contribution < -0.4 is 5.32 Å². The lowest BCUT2D eigenvalue weighted by Gasteiger charge is -2.31. The van der Waals surface area contributed by atoms with Gasteiger partial charge < -0.3 is 10.2 Å². The first-order valence-electron chi connectivity index (χ1n) is 11.5. The summed E-state index contributed by atoms with van der Waals surface area (Å²) in [6.07, 6.45) is 5.47. The highest BCUT2D eigenvalue weighted by molar-refractivity contribution is 7.99. The van der Waals surface area contributed by atoms with Crippen LogP contribution in [0.4, 0.5) is 0 Å². The van der Waals surface area contributed by atoms with Crippen LogP contribution in [0, 0.1) is 6.92 Å². The van der Waals surface area contributed by atoms with Gasteiger partial charge in [-0.2, -0.15) is 0 Å². The minimum Gasteiger partial charge on any atom is -0.352 e. The van der Waals surface area contributed by atoms with E-state index in [1.807, 2.05) is 12.1 Å². The molecule has 2 amide bonds. The van der Waals surface area contributed by atoms with Crippen molar-refractivity contribution in [1.29, 1.82) is 0 Å². The first-order valence-corrected chi connectivity index (χ1v) is 13.4. The molecule has 1 fully saturated rings. The highest BCUT2D eigenvalue weighted by Crippen LogP contribution is 2.27. The summed E-state index contributed by atoms with van der Waals surface area (Å²) in [5.41, 5.74) is 3.08. The molecule has 0 aromatic heterocycles. The third-order valence-corrected chi connectivity index (χ3v) is 7.93. The topological polar surface area (TPSA) is 49.4 Å². The molecule has 1 unspecified atom stereocenters. The number of hydrogen-bond donors (Lipinski definition) is 1. The average Bonchev–Trinajstić information content (AvgIpc) is 2.80. The van der Waals surface area contributed by atoms with Gasteiger partial charge in [0.2, 0.25) is 11.8 Å². The molecule has 3 rings (SSSR count). The molecular formula is C26H32Cl2N2O2S. The first kappa shape index (κ1) is 25.9. The minimum atomic E-state index is -0.620. The molecule has 1 aliphatic carbocycles. The minimum absolute atomic E-state index is 0.101. The van der Waals surface area contributed by atoms with Gasteiger partial charge in [-0.05, 0) is 49.9 Å². The van der Waals surface area contributed by atoms with Crippen molar-refractivity contribution in [3.05, 3.63) is 69.2 Å². The maximum absolute atomic E-state index is 13.3. The Labute approximate surface area is 211 Å². The molecule has 2 aromatic rings. The van der Waals surface area contributed by atoms with Crippen LogP contribution in [-0.2, 0) is 21.9 Å². The summed E-state index contributed by atoms with van der Waals surface area (Å²) in [4.78, 5) is 28.0. The standard InChI is InChI=1S/C26H32Cl2N2O2S/c1-18-9-6-7-10-20(18)16-33-17-25(31)30(15-22-23(27)13-8-14-24(22)28)19(2)26(32)29-21-11-4-3-5-12-21/h6-10,13-14,19,21H,3-5,11-12,15-17H2,1-2H3,(H,29,32). The number of carbonyl (C=O) groups is 2. The number of aryl methyl sites for hydroxylation is 1. The molecule has 7 heteroatoms. The molecule has 0 aliphatic heterocycles. The number of nitrogens with one attached hydrogen (secondary N) is 1. The number of nitrogens with zero attached hydrogens (tertiary/aromatic N) is 1. The summed E-state index contributed by atoms with van der Waals surface area (Å²) >= 11 is 14.3. The van der Waals surface area contributed by atoms with Crippen molar-refractivity contribution in [2.75, 3.05) is 5.75 Å². The second kappa shape index (κ2) is 12.7. The summed E-state index contributed by atoms with van der Waals surface area (Å²) < 4.78 is 0. The number of thioether (sulfide) groups is 1. The molecular weight excluding hydrogens is 475 g/mol. The monoisotopic (exact) mass is 506 g/mol. The van der Waals surface area contributed by atoms with Crippen molar-refractivity contribution < 1.29 is 9.59 Å². The van der Waals surface area contributed by atoms with E-state index < -0.39 is 6.04 Å². The molecule has 178 valence electrons. The molecule has 1 aliphatic rings. The van der Waals surface area contributed by atoms with Crippen LogP contribution in [0.3, 0.4) is 0 Å². The molecule has 0 spiro atoms. The van der Waals surface area contributed by atoms with Gasteiger partial charge in [-0.25, -0.2) is 0 Å². The highest BCUT2D eigenvalue weighted by Gasteiger charge is 2.29. The first-order chi connectivity index (χ1) is 15.9. The molecule has 4 nitrogen and oxygen atoms in total. The van der Waals surface area contributed by atoms with Crippen molar-refractivity contribution in [2.45, 2.75) is 70.3 Å². The molecule has 1 saturated carbocycles. The fraction of sp³-hybridized carbons (Fsp3) is 0.462. The van der Waals surface area contributed by atoms with Gasteiger partial charge in [0.25, 0.3) is 0 Å². The molecule has 0 radical (unpaired) electrons. The number of halogens is 2. The zero-order chi connectivity index (χ0) is 23.8. The van der Waals surface area contributed by atoms with E-state index in [0.29, 0.717) is 15.6 Å². The molecule has 2 aromatic carbocycles. The van der Waals surface area contributed by atoms with Crippen LogP contribution in [0.15, 0.2) is 42.5 Å². The molecule has 0 heterocycles. The molecule has 33 heavy (non-hydrogen) atoms. The van der Waals surface area contributed by atoms with E-state index in [0.717, 1.165) is 31.4 Å². The van der Waals surface area contributed by atoms with Crippen molar-refractivity contribution in [3.63, 3.8) is 0 Å². The lowest BCUT2D eigenvalue weighted by atomic mass is 9.95. The van der Waals surface area contributed by atoms with Gasteiger partial charge >= 0.3 is 0 Å². The van der Waals surface area contributed by atoms with Gasteiger partial charge in [-0.1, -0.05) is 72.8 Å². The predicted octanol–water partition coefficient (Wildman–Crippen LogP) is 6.40. The number of amides is 2. The molecule has 1 atom stereocenters. The number of benzene rings is 2. The number of hydrogen-bond acceptors (Lipinski definition) is 3. The summed E-state index contributed by atoms with van der Waals surface area (Å²) in [5.74, 6) is 0.789. The largest absolute Gasteiger partial charge is 0.352 e. The van der Waals surface area contributed by atoms with Crippen LogP contribution in [-0.4, -0.2) is 34.6 Å². The summed E-state index contributed by atoms with van der Waals surface area (Å²) in [5, 5.41) is 4.14. The van der Waals surface area contributed by atoms with Crippen LogP contribution >= 0.6 is 35.0 Å². The second-order valence-corrected chi connectivity index (χ2v) is 10.5. The Bertz CT molecular complexity index is 943. The van der Waals surface area contributed by atoms with Gasteiger partial charge in [0, 0.05) is 33.9 Å². The van der Waals surface area contributed by atoms with Crippen LogP contribution in [0.1, 0.15) is 55.7 Å². The Morgan fingerprint density at radius 2 is 1.73 bits per heavy atom. The van der Waals surface area contributed by atoms with Crippen LogP contribution in [0.25, 0.3) is 0 Å². The summed E-state index contributed by atoms with van der Waals surface area (Å²) in [7, 11) is 0. The average molecular weight is 508 g/mol. The van der Waals surface area contributed by atoms with E-state index in [9.17, 15) is 9.59 Å². The van der Waals surface area contributed by atoms with Gasteiger partial charge in [-0.3, -0.25) is 9.59 Å². The van der Waals surface area contributed by atoms with E-state index in [1.54, 1.807) is 41.8 Å². The fourth-order valence-electron chi connectivity index (χ4n) is 4.11. The van der Waals surface area contributed by atoms with Gasteiger partial charge in [-0.15, -0.1) is 11.8 Å². The van der Waals surface area contributed by atoms with Crippen molar-refractivity contribution >= 4 is 46.8 Å².